The number of hydrogen-bond acceptors (Lipinski definition) is 7. The predicted octanol–water partition coefficient (Wildman–Crippen LogP) is 4.19. The Morgan fingerprint density at radius 2 is 2.27 bits per heavy atom. The molecular weight excluding hydrogens is 372 g/mol. The van der Waals surface area contributed by atoms with E-state index >= 15 is 0 Å². The van der Waals surface area contributed by atoms with Crippen molar-refractivity contribution in [3.63, 3.8) is 0 Å². The minimum absolute atomic E-state index is 0.0197. The highest BCUT2D eigenvalue weighted by Crippen LogP contribution is 2.31. The van der Waals surface area contributed by atoms with Crippen molar-refractivity contribution >= 4 is 40.7 Å². The van der Waals surface area contributed by atoms with Crippen LogP contribution in [0.25, 0.3) is 10.8 Å². The van der Waals surface area contributed by atoms with Gasteiger partial charge in [-0.2, -0.15) is 0 Å². The van der Waals surface area contributed by atoms with E-state index in [0.717, 1.165) is 15.5 Å². The van der Waals surface area contributed by atoms with Crippen LogP contribution < -0.4 is 5.32 Å². The number of thiophene rings is 1. The number of ether oxygens (including phenoxy) is 1. The van der Waals surface area contributed by atoms with Crippen LogP contribution in [0.5, 0.6) is 0 Å². The summed E-state index contributed by atoms with van der Waals surface area (Å²) in [5.74, 6) is 0.708. The lowest BCUT2D eigenvalue weighted by molar-refractivity contribution is -0.115. The SMILES string of the molecule is O=C1CCSc2ccc(C(=O)OCc3coc(-c4cccs4)n3)cc2N1. The number of rotatable bonds is 4. The first-order valence-electron chi connectivity index (χ1n) is 7.91. The molecule has 132 valence electrons. The molecule has 0 aliphatic carbocycles. The molecule has 0 bridgehead atoms. The highest BCUT2D eigenvalue weighted by atomic mass is 32.2. The molecule has 0 saturated carbocycles. The number of esters is 1. The van der Waals surface area contributed by atoms with Crippen molar-refractivity contribution in [2.24, 2.45) is 0 Å². The number of nitrogens with zero attached hydrogens (tertiary/aromatic N) is 1. The summed E-state index contributed by atoms with van der Waals surface area (Å²) in [6, 6.07) is 9.00. The van der Waals surface area contributed by atoms with Gasteiger partial charge >= 0.3 is 5.97 Å². The summed E-state index contributed by atoms with van der Waals surface area (Å²) >= 11 is 3.11. The molecule has 4 rings (SSSR count). The molecule has 0 radical (unpaired) electrons. The van der Waals surface area contributed by atoms with Gasteiger partial charge in [0.05, 0.1) is 16.1 Å². The van der Waals surface area contributed by atoms with Gasteiger partial charge in [-0.3, -0.25) is 4.79 Å². The minimum atomic E-state index is -0.475. The van der Waals surface area contributed by atoms with Gasteiger partial charge in [0.2, 0.25) is 11.8 Å². The fourth-order valence-electron chi connectivity index (χ4n) is 2.46. The maximum absolute atomic E-state index is 12.3. The van der Waals surface area contributed by atoms with Gasteiger partial charge in [0.25, 0.3) is 0 Å². The van der Waals surface area contributed by atoms with Crippen molar-refractivity contribution in [2.45, 2.75) is 17.9 Å². The van der Waals surface area contributed by atoms with Gasteiger partial charge in [0.1, 0.15) is 18.6 Å². The van der Waals surface area contributed by atoms with Gasteiger partial charge in [0, 0.05) is 17.1 Å². The van der Waals surface area contributed by atoms with Gasteiger partial charge in [-0.05, 0) is 29.6 Å². The number of aromatic nitrogens is 1. The van der Waals surface area contributed by atoms with Crippen molar-refractivity contribution < 1.29 is 18.7 Å². The molecule has 0 fully saturated rings. The standard InChI is InChI=1S/C18H14N2O4S2/c21-16-5-7-26-14-4-3-11(8-13(14)20-16)18(22)24-10-12-9-23-17(19-12)15-2-1-6-25-15/h1-4,6,8-9H,5,7,10H2,(H,20,21). The van der Waals surface area contributed by atoms with Crippen LogP contribution >= 0.6 is 23.1 Å². The molecule has 8 heteroatoms. The summed E-state index contributed by atoms with van der Waals surface area (Å²) in [6.45, 7) is 0.0197. The Morgan fingerprint density at radius 3 is 3.12 bits per heavy atom. The third kappa shape index (κ3) is 3.66. The molecule has 26 heavy (non-hydrogen) atoms. The molecule has 0 unspecified atom stereocenters. The molecule has 1 aliphatic rings. The van der Waals surface area contributed by atoms with E-state index in [9.17, 15) is 9.59 Å². The Balaban J connectivity index is 1.43. The van der Waals surface area contributed by atoms with Crippen molar-refractivity contribution in [1.82, 2.24) is 4.98 Å². The highest BCUT2D eigenvalue weighted by molar-refractivity contribution is 7.99. The van der Waals surface area contributed by atoms with Crippen LogP contribution in [0.1, 0.15) is 22.5 Å². The normalized spacial score (nSPS) is 13.6. The molecule has 1 aromatic carbocycles. The van der Waals surface area contributed by atoms with Gasteiger partial charge in [-0.25, -0.2) is 9.78 Å². The second-order valence-electron chi connectivity index (χ2n) is 5.56. The van der Waals surface area contributed by atoms with E-state index in [0.29, 0.717) is 29.3 Å². The average molecular weight is 386 g/mol. The van der Waals surface area contributed by atoms with Crippen molar-refractivity contribution in [3.05, 3.63) is 53.2 Å². The van der Waals surface area contributed by atoms with Crippen molar-refractivity contribution in [1.29, 1.82) is 0 Å². The molecule has 0 atom stereocenters. The molecule has 2 aromatic heterocycles. The van der Waals surface area contributed by atoms with Crippen LogP contribution in [-0.4, -0.2) is 22.6 Å². The third-order valence-corrected chi connectivity index (χ3v) is 5.64. The lowest BCUT2D eigenvalue weighted by Gasteiger charge is -2.08. The number of nitrogens with one attached hydrogen (secondary N) is 1. The van der Waals surface area contributed by atoms with Gasteiger partial charge in [0.15, 0.2) is 0 Å². The van der Waals surface area contributed by atoms with Crippen LogP contribution in [-0.2, 0) is 16.1 Å². The fourth-order valence-corrected chi connectivity index (χ4v) is 4.05. The Bertz CT molecular complexity index is 950. The number of oxazole rings is 1. The zero-order valence-electron chi connectivity index (χ0n) is 13.6. The first-order valence-corrected chi connectivity index (χ1v) is 9.78. The smallest absolute Gasteiger partial charge is 0.338 e. The number of anilines is 1. The number of amides is 1. The lowest BCUT2D eigenvalue weighted by atomic mass is 10.2. The largest absolute Gasteiger partial charge is 0.455 e. The molecule has 0 saturated heterocycles. The molecule has 3 aromatic rings. The van der Waals surface area contributed by atoms with E-state index in [-0.39, 0.29) is 12.5 Å². The second-order valence-corrected chi connectivity index (χ2v) is 7.64. The number of carbonyl (C=O) groups is 2. The van der Waals surface area contributed by atoms with E-state index in [1.165, 1.54) is 17.6 Å². The highest BCUT2D eigenvalue weighted by Gasteiger charge is 2.17. The average Bonchev–Trinajstić information content (AvgIpc) is 3.28. The van der Waals surface area contributed by atoms with E-state index in [1.54, 1.807) is 23.9 Å². The number of carbonyl (C=O) groups excluding carboxylic acids is 2. The Hall–Kier alpha value is -2.58. The second kappa shape index (κ2) is 7.35. The summed E-state index contributed by atoms with van der Waals surface area (Å²) in [5.41, 5.74) is 1.57. The van der Waals surface area contributed by atoms with Gasteiger partial charge < -0.3 is 14.5 Å². The molecule has 3 heterocycles. The van der Waals surface area contributed by atoms with E-state index in [4.69, 9.17) is 9.15 Å². The number of thioether (sulfide) groups is 1. The number of benzene rings is 1. The zero-order valence-corrected chi connectivity index (χ0v) is 15.2. The minimum Gasteiger partial charge on any atom is -0.455 e. The van der Waals surface area contributed by atoms with Crippen LogP contribution in [0.4, 0.5) is 5.69 Å². The number of hydrogen-bond donors (Lipinski definition) is 1. The Morgan fingerprint density at radius 1 is 1.35 bits per heavy atom. The summed E-state index contributed by atoms with van der Waals surface area (Å²) < 4.78 is 10.7. The molecule has 1 N–H and O–H groups in total. The summed E-state index contributed by atoms with van der Waals surface area (Å²) in [5, 5.41) is 4.76. The van der Waals surface area contributed by atoms with Crippen molar-refractivity contribution in [3.8, 4) is 10.8 Å². The molecule has 1 amide bonds. The van der Waals surface area contributed by atoms with Gasteiger partial charge in [-0.1, -0.05) is 6.07 Å². The summed E-state index contributed by atoms with van der Waals surface area (Å²) in [7, 11) is 0. The first-order chi connectivity index (χ1) is 12.7. The topological polar surface area (TPSA) is 81.4 Å². The molecule has 0 spiro atoms. The third-order valence-electron chi connectivity index (χ3n) is 3.71. The van der Waals surface area contributed by atoms with Crippen molar-refractivity contribution in [2.75, 3.05) is 11.1 Å². The van der Waals surface area contributed by atoms with Crippen LogP contribution in [0, 0.1) is 0 Å². The quantitative estimate of drug-likeness (QED) is 0.677. The number of fused-ring (bicyclic) bond motifs is 1. The molecule has 6 nitrogen and oxygen atoms in total. The summed E-state index contributed by atoms with van der Waals surface area (Å²) in [4.78, 5) is 30.2. The fraction of sp³-hybridized carbons (Fsp3) is 0.167. The van der Waals surface area contributed by atoms with Crippen LogP contribution in [0.3, 0.4) is 0 Å². The summed E-state index contributed by atoms with van der Waals surface area (Å²) in [6.07, 6.45) is 1.94. The maximum Gasteiger partial charge on any atom is 0.338 e. The predicted molar refractivity (Wildman–Crippen MR) is 99.3 cm³/mol. The van der Waals surface area contributed by atoms with Gasteiger partial charge in [-0.15, -0.1) is 23.1 Å². The lowest BCUT2D eigenvalue weighted by Crippen LogP contribution is -2.11. The van der Waals surface area contributed by atoms with E-state index in [2.05, 4.69) is 10.3 Å². The zero-order chi connectivity index (χ0) is 17.9. The molecular formula is C18H14N2O4S2. The van der Waals surface area contributed by atoms with E-state index < -0.39 is 5.97 Å². The Labute approximate surface area is 157 Å². The molecule has 1 aliphatic heterocycles. The van der Waals surface area contributed by atoms with Crippen LogP contribution in [0.15, 0.2) is 51.3 Å². The Kier molecular flexibility index (Phi) is 4.77. The van der Waals surface area contributed by atoms with E-state index in [1.807, 2.05) is 23.6 Å². The first kappa shape index (κ1) is 16.9. The van der Waals surface area contributed by atoms with Crippen LogP contribution in [0.2, 0.25) is 0 Å². The maximum atomic E-state index is 12.3. The monoisotopic (exact) mass is 386 g/mol.